The Morgan fingerprint density at radius 3 is 2.96 bits per heavy atom. The zero-order chi connectivity index (χ0) is 18.1. The molecular formula is C19H17FN4O2. The van der Waals surface area contributed by atoms with Crippen molar-refractivity contribution in [1.82, 2.24) is 19.9 Å². The first-order valence-corrected chi connectivity index (χ1v) is 8.33. The molecule has 26 heavy (non-hydrogen) atoms. The van der Waals surface area contributed by atoms with Gasteiger partial charge in [0.2, 0.25) is 0 Å². The maximum Gasteiger partial charge on any atom is 0.254 e. The van der Waals surface area contributed by atoms with Gasteiger partial charge in [-0.15, -0.1) is 0 Å². The number of phenols is 1. The fraction of sp³-hybridized carbons (Fsp3) is 0.211. The highest BCUT2D eigenvalue weighted by Crippen LogP contribution is 2.25. The van der Waals surface area contributed by atoms with Crippen LogP contribution in [0.5, 0.6) is 5.75 Å². The van der Waals surface area contributed by atoms with Gasteiger partial charge in [-0.05, 0) is 24.6 Å². The number of aromatic hydroxyl groups is 1. The lowest BCUT2D eigenvalue weighted by Crippen LogP contribution is -2.35. The van der Waals surface area contributed by atoms with Gasteiger partial charge in [-0.2, -0.15) is 0 Å². The largest absolute Gasteiger partial charge is 0.505 e. The van der Waals surface area contributed by atoms with Gasteiger partial charge < -0.3 is 10.1 Å². The van der Waals surface area contributed by atoms with Crippen LogP contribution in [-0.2, 0) is 19.5 Å². The van der Waals surface area contributed by atoms with Crippen LogP contribution in [0.1, 0.15) is 16.8 Å². The minimum Gasteiger partial charge on any atom is -0.505 e. The summed E-state index contributed by atoms with van der Waals surface area (Å²) in [4.78, 5) is 25.9. The van der Waals surface area contributed by atoms with Gasteiger partial charge in [0.25, 0.3) is 5.56 Å². The number of nitrogens with zero attached hydrogens (tertiary/aromatic N) is 3. The van der Waals surface area contributed by atoms with Crippen molar-refractivity contribution in [3.05, 3.63) is 75.7 Å². The van der Waals surface area contributed by atoms with E-state index in [0.29, 0.717) is 48.7 Å². The molecular weight excluding hydrogens is 335 g/mol. The molecule has 0 aliphatic carbocycles. The van der Waals surface area contributed by atoms with Crippen molar-refractivity contribution in [1.29, 1.82) is 0 Å². The SMILES string of the molecule is O=c1[nH]c(-c2cccnc2)nc2c1CCN(Cc1cccc(F)c1O)C2. The normalized spacial score (nSPS) is 14.2. The van der Waals surface area contributed by atoms with E-state index >= 15 is 0 Å². The van der Waals surface area contributed by atoms with Gasteiger partial charge in [0, 0.05) is 48.7 Å². The van der Waals surface area contributed by atoms with Gasteiger partial charge in [-0.25, -0.2) is 9.37 Å². The third-order valence-electron chi connectivity index (χ3n) is 4.55. The van der Waals surface area contributed by atoms with E-state index in [0.717, 1.165) is 5.56 Å². The molecule has 0 amide bonds. The van der Waals surface area contributed by atoms with Crippen LogP contribution >= 0.6 is 0 Å². The smallest absolute Gasteiger partial charge is 0.254 e. The van der Waals surface area contributed by atoms with Crippen molar-refractivity contribution in [3.63, 3.8) is 0 Å². The van der Waals surface area contributed by atoms with Crippen LogP contribution in [0, 0.1) is 5.82 Å². The summed E-state index contributed by atoms with van der Waals surface area (Å²) in [5.74, 6) is -0.473. The van der Waals surface area contributed by atoms with Crippen molar-refractivity contribution in [2.75, 3.05) is 6.54 Å². The molecule has 0 spiro atoms. The lowest BCUT2D eigenvalue weighted by molar-refractivity contribution is 0.236. The maximum atomic E-state index is 13.5. The predicted molar refractivity (Wildman–Crippen MR) is 94.0 cm³/mol. The number of para-hydroxylation sites is 1. The van der Waals surface area contributed by atoms with E-state index in [1.807, 2.05) is 11.0 Å². The highest BCUT2D eigenvalue weighted by Gasteiger charge is 2.22. The molecule has 1 aliphatic heterocycles. The van der Waals surface area contributed by atoms with E-state index in [2.05, 4.69) is 15.0 Å². The van der Waals surface area contributed by atoms with Crippen LogP contribution in [0.25, 0.3) is 11.4 Å². The number of pyridine rings is 1. The first-order chi connectivity index (χ1) is 12.6. The highest BCUT2D eigenvalue weighted by atomic mass is 19.1. The van der Waals surface area contributed by atoms with Crippen molar-refractivity contribution in [3.8, 4) is 17.1 Å². The summed E-state index contributed by atoms with van der Waals surface area (Å²) in [6.07, 6.45) is 3.87. The van der Waals surface area contributed by atoms with Crippen LogP contribution in [0.4, 0.5) is 4.39 Å². The topological polar surface area (TPSA) is 82.1 Å². The Bertz CT molecular complexity index is 1000. The minimum absolute atomic E-state index is 0.137. The van der Waals surface area contributed by atoms with E-state index < -0.39 is 5.82 Å². The minimum atomic E-state index is -0.631. The molecule has 0 bridgehead atoms. The molecule has 132 valence electrons. The number of halogens is 1. The molecule has 3 heterocycles. The quantitative estimate of drug-likeness (QED) is 0.755. The molecule has 6 nitrogen and oxygen atoms in total. The number of fused-ring (bicyclic) bond motifs is 1. The zero-order valence-corrected chi connectivity index (χ0v) is 13.9. The van der Waals surface area contributed by atoms with Gasteiger partial charge in [0.1, 0.15) is 5.82 Å². The van der Waals surface area contributed by atoms with E-state index in [9.17, 15) is 14.3 Å². The molecule has 2 N–H and O–H groups in total. The van der Waals surface area contributed by atoms with Gasteiger partial charge in [-0.3, -0.25) is 14.7 Å². The Morgan fingerprint density at radius 2 is 2.15 bits per heavy atom. The average Bonchev–Trinajstić information content (AvgIpc) is 2.66. The molecule has 7 heteroatoms. The Kier molecular flexibility index (Phi) is 4.22. The molecule has 1 aliphatic rings. The molecule has 0 saturated heterocycles. The molecule has 0 saturated carbocycles. The number of aromatic amines is 1. The summed E-state index contributed by atoms with van der Waals surface area (Å²) < 4.78 is 13.5. The molecule has 2 aromatic heterocycles. The second-order valence-electron chi connectivity index (χ2n) is 6.29. The van der Waals surface area contributed by atoms with Crippen LogP contribution in [0.2, 0.25) is 0 Å². The predicted octanol–water partition coefficient (Wildman–Crippen LogP) is 2.23. The van der Waals surface area contributed by atoms with Crippen LogP contribution < -0.4 is 5.56 Å². The Hall–Kier alpha value is -3.06. The lowest BCUT2D eigenvalue weighted by Gasteiger charge is -2.28. The van der Waals surface area contributed by atoms with E-state index in [-0.39, 0.29) is 11.3 Å². The Balaban J connectivity index is 1.63. The zero-order valence-electron chi connectivity index (χ0n) is 13.9. The van der Waals surface area contributed by atoms with E-state index in [1.54, 1.807) is 30.6 Å². The third-order valence-corrected chi connectivity index (χ3v) is 4.55. The molecule has 1 aromatic carbocycles. The second-order valence-corrected chi connectivity index (χ2v) is 6.29. The Morgan fingerprint density at radius 1 is 1.27 bits per heavy atom. The number of nitrogens with one attached hydrogen (secondary N) is 1. The number of hydrogen-bond acceptors (Lipinski definition) is 5. The fourth-order valence-corrected chi connectivity index (χ4v) is 3.20. The fourth-order valence-electron chi connectivity index (χ4n) is 3.20. The van der Waals surface area contributed by atoms with Crippen molar-refractivity contribution >= 4 is 0 Å². The molecule has 0 atom stereocenters. The van der Waals surface area contributed by atoms with Gasteiger partial charge in [-0.1, -0.05) is 12.1 Å². The van der Waals surface area contributed by atoms with Gasteiger partial charge in [0.15, 0.2) is 11.6 Å². The van der Waals surface area contributed by atoms with Crippen LogP contribution in [-0.4, -0.2) is 31.5 Å². The van der Waals surface area contributed by atoms with Crippen molar-refractivity contribution < 1.29 is 9.50 Å². The number of rotatable bonds is 3. The summed E-state index contributed by atoms with van der Waals surface area (Å²) in [7, 11) is 0. The lowest BCUT2D eigenvalue weighted by atomic mass is 10.0. The summed E-state index contributed by atoms with van der Waals surface area (Å²) in [6.45, 7) is 1.49. The van der Waals surface area contributed by atoms with Gasteiger partial charge in [0.05, 0.1) is 5.69 Å². The average molecular weight is 352 g/mol. The highest BCUT2D eigenvalue weighted by molar-refractivity contribution is 5.53. The number of hydrogen-bond donors (Lipinski definition) is 2. The van der Waals surface area contributed by atoms with Crippen molar-refractivity contribution in [2.45, 2.75) is 19.5 Å². The second kappa shape index (κ2) is 6.68. The molecule has 3 aromatic rings. The third kappa shape index (κ3) is 3.09. The standard InChI is InChI=1S/C19H17FN4O2/c20-15-5-1-3-13(17(15)25)10-24-8-6-14-16(11-24)22-18(23-19(14)26)12-4-2-7-21-9-12/h1-5,7,9,25H,6,8,10-11H2,(H,22,23,26). The summed E-state index contributed by atoms with van der Waals surface area (Å²) >= 11 is 0. The number of benzene rings is 1. The first-order valence-electron chi connectivity index (χ1n) is 8.33. The van der Waals surface area contributed by atoms with Crippen LogP contribution in [0.15, 0.2) is 47.5 Å². The maximum absolute atomic E-state index is 13.5. The molecule has 0 unspecified atom stereocenters. The first kappa shape index (κ1) is 16.4. The monoisotopic (exact) mass is 352 g/mol. The van der Waals surface area contributed by atoms with Gasteiger partial charge >= 0.3 is 0 Å². The number of phenolic OH excluding ortho intramolecular Hbond substituents is 1. The van der Waals surface area contributed by atoms with E-state index in [1.165, 1.54) is 6.07 Å². The number of aromatic nitrogens is 3. The van der Waals surface area contributed by atoms with Crippen molar-refractivity contribution in [2.24, 2.45) is 0 Å². The Labute approximate surface area is 149 Å². The summed E-state index contributed by atoms with van der Waals surface area (Å²) in [5.41, 5.74) is 2.51. The molecule has 0 radical (unpaired) electrons. The summed E-state index contributed by atoms with van der Waals surface area (Å²) in [6, 6.07) is 8.12. The summed E-state index contributed by atoms with van der Waals surface area (Å²) in [5, 5.41) is 9.88. The molecule has 0 fully saturated rings. The van der Waals surface area contributed by atoms with E-state index in [4.69, 9.17) is 0 Å². The number of H-pyrrole nitrogens is 1. The van der Waals surface area contributed by atoms with Crippen LogP contribution in [0.3, 0.4) is 0 Å². The molecule has 4 rings (SSSR count).